The van der Waals surface area contributed by atoms with E-state index in [1.165, 1.54) is 0 Å². The van der Waals surface area contributed by atoms with E-state index in [4.69, 9.17) is 5.11 Å². The summed E-state index contributed by atoms with van der Waals surface area (Å²) in [6, 6.07) is 0.00912. The Balaban J connectivity index is 2.28. The van der Waals surface area contributed by atoms with Gasteiger partial charge in [0.25, 0.3) is 0 Å². The number of aromatic amines is 1. The fourth-order valence-electron chi connectivity index (χ4n) is 1.21. The van der Waals surface area contributed by atoms with E-state index in [2.05, 4.69) is 20.7 Å². The summed E-state index contributed by atoms with van der Waals surface area (Å²) < 4.78 is 0. The number of nitrogens with zero attached hydrogens (tertiary/aromatic N) is 2. The Morgan fingerprint density at radius 3 is 3.08 bits per heavy atom. The molecular formula is C6H8N4O2S. The lowest BCUT2D eigenvalue weighted by molar-refractivity contribution is 0.0688. The molecule has 1 atom stereocenters. The van der Waals surface area contributed by atoms with E-state index >= 15 is 0 Å². The van der Waals surface area contributed by atoms with E-state index in [1.54, 1.807) is 11.8 Å². The van der Waals surface area contributed by atoms with Crippen LogP contribution >= 0.6 is 11.8 Å². The molecule has 7 heteroatoms. The number of carboxylic acids is 1. The molecule has 2 heterocycles. The number of rotatable bonds is 2. The fourth-order valence-corrected chi connectivity index (χ4v) is 2.16. The summed E-state index contributed by atoms with van der Waals surface area (Å²) in [6.07, 6.45) is 0. The second kappa shape index (κ2) is 3.35. The number of aromatic carboxylic acids is 1. The molecule has 1 aromatic heterocycles. The Morgan fingerprint density at radius 2 is 2.46 bits per heavy atom. The molecule has 0 bridgehead atoms. The minimum absolute atomic E-state index is 0.00912. The lowest BCUT2D eigenvalue weighted by atomic mass is 10.2. The van der Waals surface area contributed by atoms with Gasteiger partial charge in [0.2, 0.25) is 0 Å². The first-order valence-corrected chi connectivity index (χ1v) is 4.89. The van der Waals surface area contributed by atoms with E-state index < -0.39 is 5.97 Å². The molecule has 1 aromatic rings. The predicted octanol–water partition coefficient (Wildman–Crippen LogP) is -0.162. The average molecular weight is 200 g/mol. The minimum Gasteiger partial charge on any atom is -0.476 e. The first-order chi connectivity index (χ1) is 6.29. The molecule has 1 aliphatic heterocycles. The van der Waals surface area contributed by atoms with Crippen molar-refractivity contribution in [3.63, 3.8) is 0 Å². The summed E-state index contributed by atoms with van der Waals surface area (Å²) in [5.41, 5.74) is 0.512. The smallest absolute Gasteiger partial charge is 0.358 e. The molecule has 0 radical (unpaired) electrons. The molecule has 0 amide bonds. The third-order valence-corrected chi connectivity index (χ3v) is 2.76. The number of carboxylic acid groups (broad SMARTS) is 1. The second-order valence-corrected chi connectivity index (χ2v) is 3.66. The van der Waals surface area contributed by atoms with Crippen LogP contribution in [-0.2, 0) is 0 Å². The molecule has 1 aliphatic rings. The highest BCUT2D eigenvalue weighted by atomic mass is 32.2. The molecule has 13 heavy (non-hydrogen) atoms. The SMILES string of the molecule is O=C(O)c1n[nH]nc1C1CSCN1. The molecule has 0 spiro atoms. The van der Waals surface area contributed by atoms with Crippen molar-refractivity contribution < 1.29 is 9.90 Å². The second-order valence-electron chi connectivity index (χ2n) is 2.63. The van der Waals surface area contributed by atoms with Gasteiger partial charge in [-0.25, -0.2) is 4.79 Å². The lowest BCUT2D eigenvalue weighted by Crippen LogP contribution is -2.18. The van der Waals surface area contributed by atoms with Crippen LogP contribution in [0.15, 0.2) is 0 Å². The first-order valence-electron chi connectivity index (χ1n) is 3.74. The third-order valence-electron chi connectivity index (χ3n) is 1.82. The highest BCUT2D eigenvalue weighted by molar-refractivity contribution is 7.99. The molecule has 6 nitrogen and oxygen atoms in total. The Bertz CT molecular complexity index is 320. The topological polar surface area (TPSA) is 90.9 Å². The van der Waals surface area contributed by atoms with Crippen LogP contribution in [0.1, 0.15) is 22.2 Å². The average Bonchev–Trinajstić information content (AvgIpc) is 2.74. The summed E-state index contributed by atoms with van der Waals surface area (Å²) in [7, 11) is 0. The van der Waals surface area contributed by atoms with Crippen LogP contribution in [0.5, 0.6) is 0 Å². The van der Waals surface area contributed by atoms with Crippen molar-refractivity contribution in [1.82, 2.24) is 20.7 Å². The molecule has 3 N–H and O–H groups in total. The van der Waals surface area contributed by atoms with E-state index in [1.807, 2.05) is 0 Å². The summed E-state index contributed by atoms with van der Waals surface area (Å²) in [4.78, 5) is 10.7. The van der Waals surface area contributed by atoms with Crippen LogP contribution in [-0.4, -0.2) is 38.1 Å². The zero-order valence-corrected chi connectivity index (χ0v) is 7.47. The first kappa shape index (κ1) is 8.52. The van der Waals surface area contributed by atoms with Crippen LogP contribution in [0.2, 0.25) is 0 Å². The molecule has 1 fully saturated rings. The zero-order valence-electron chi connectivity index (χ0n) is 6.65. The van der Waals surface area contributed by atoms with Gasteiger partial charge < -0.3 is 5.11 Å². The molecule has 2 rings (SSSR count). The van der Waals surface area contributed by atoms with Crippen molar-refractivity contribution in [2.24, 2.45) is 0 Å². The number of thioether (sulfide) groups is 1. The molecule has 0 aromatic carbocycles. The summed E-state index contributed by atoms with van der Waals surface area (Å²) in [6.45, 7) is 0. The van der Waals surface area contributed by atoms with Crippen molar-refractivity contribution in [1.29, 1.82) is 0 Å². The maximum Gasteiger partial charge on any atom is 0.358 e. The Morgan fingerprint density at radius 1 is 1.62 bits per heavy atom. The standard InChI is InChI=1S/C6H8N4O2S/c11-6(12)5-4(8-10-9-5)3-1-13-2-7-3/h3,7H,1-2H2,(H,11,12)(H,8,9,10). The molecule has 70 valence electrons. The van der Waals surface area contributed by atoms with Gasteiger partial charge in [-0.3, -0.25) is 5.32 Å². The maximum atomic E-state index is 10.7. The quantitative estimate of drug-likeness (QED) is 0.614. The van der Waals surface area contributed by atoms with Gasteiger partial charge in [-0.15, -0.1) is 16.9 Å². The molecule has 1 saturated heterocycles. The van der Waals surface area contributed by atoms with Crippen LogP contribution in [0.25, 0.3) is 0 Å². The molecule has 1 unspecified atom stereocenters. The normalized spacial score (nSPS) is 22.0. The van der Waals surface area contributed by atoms with Gasteiger partial charge in [-0.05, 0) is 0 Å². The van der Waals surface area contributed by atoms with Crippen LogP contribution in [0, 0.1) is 0 Å². The minimum atomic E-state index is -1.04. The Hall–Kier alpha value is -1.08. The summed E-state index contributed by atoms with van der Waals surface area (Å²) >= 11 is 1.72. The van der Waals surface area contributed by atoms with E-state index in [0.29, 0.717) is 5.69 Å². The maximum absolute atomic E-state index is 10.7. The van der Waals surface area contributed by atoms with Gasteiger partial charge >= 0.3 is 5.97 Å². The van der Waals surface area contributed by atoms with Gasteiger partial charge in [0, 0.05) is 11.6 Å². The number of nitrogens with one attached hydrogen (secondary N) is 2. The monoisotopic (exact) mass is 200 g/mol. The van der Waals surface area contributed by atoms with Crippen LogP contribution < -0.4 is 5.32 Å². The highest BCUT2D eigenvalue weighted by Gasteiger charge is 2.25. The number of carbonyl (C=O) groups is 1. The summed E-state index contributed by atoms with van der Waals surface area (Å²) in [5.74, 6) is 0.631. The van der Waals surface area contributed by atoms with Crippen LogP contribution in [0.4, 0.5) is 0 Å². The van der Waals surface area contributed by atoms with Crippen molar-refractivity contribution in [2.45, 2.75) is 6.04 Å². The fraction of sp³-hybridized carbons (Fsp3) is 0.500. The number of H-pyrrole nitrogens is 1. The van der Waals surface area contributed by atoms with Crippen molar-refractivity contribution in [3.05, 3.63) is 11.4 Å². The lowest BCUT2D eigenvalue weighted by Gasteiger charge is -2.04. The largest absolute Gasteiger partial charge is 0.476 e. The Labute approximate surface area is 78.1 Å². The van der Waals surface area contributed by atoms with Gasteiger partial charge in [-0.2, -0.15) is 10.3 Å². The van der Waals surface area contributed by atoms with E-state index in [9.17, 15) is 4.79 Å². The highest BCUT2D eigenvalue weighted by Crippen LogP contribution is 2.23. The predicted molar refractivity (Wildman–Crippen MR) is 46.5 cm³/mol. The van der Waals surface area contributed by atoms with Gasteiger partial charge in [0.15, 0.2) is 5.69 Å². The van der Waals surface area contributed by atoms with Gasteiger partial charge in [-0.1, -0.05) is 0 Å². The van der Waals surface area contributed by atoms with Gasteiger partial charge in [0.05, 0.1) is 6.04 Å². The van der Waals surface area contributed by atoms with Gasteiger partial charge in [0.1, 0.15) is 5.69 Å². The summed E-state index contributed by atoms with van der Waals surface area (Å²) in [5, 5.41) is 21.6. The van der Waals surface area contributed by atoms with E-state index in [-0.39, 0.29) is 11.7 Å². The van der Waals surface area contributed by atoms with Crippen molar-refractivity contribution in [2.75, 3.05) is 11.6 Å². The third kappa shape index (κ3) is 1.52. The zero-order chi connectivity index (χ0) is 9.26. The molecular weight excluding hydrogens is 192 g/mol. The van der Waals surface area contributed by atoms with Crippen molar-refractivity contribution >= 4 is 17.7 Å². The van der Waals surface area contributed by atoms with E-state index in [0.717, 1.165) is 11.6 Å². The van der Waals surface area contributed by atoms with Crippen molar-refractivity contribution in [3.8, 4) is 0 Å². The van der Waals surface area contributed by atoms with Crippen LogP contribution in [0.3, 0.4) is 0 Å². The molecule has 0 aliphatic carbocycles. The number of aromatic nitrogens is 3. The Kier molecular flexibility index (Phi) is 2.19. The number of hydrogen-bond donors (Lipinski definition) is 3. The molecule has 0 saturated carbocycles. The number of hydrogen-bond acceptors (Lipinski definition) is 5.